The number of carboxylic acids is 1. The van der Waals surface area contributed by atoms with E-state index in [1.807, 2.05) is 13.8 Å². The van der Waals surface area contributed by atoms with Crippen LogP contribution in [0.25, 0.3) is 0 Å². The molecule has 0 aromatic heterocycles. The molecule has 18 heavy (non-hydrogen) atoms. The first-order valence-corrected chi connectivity index (χ1v) is 6.74. The summed E-state index contributed by atoms with van der Waals surface area (Å²) < 4.78 is 0. The second kappa shape index (κ2) is 9.88. The van der Waals surface area contributed by atoms with E-state index in [1.165, 1.54) is 0 Å². The van der Waals surface area contributed by atoms with Crippen molar-refractivity contribution in [2.45, 2.75) is 58.4 Å². The van der Waals surface area contributed by atoms with E-state index < -0.39 is 12.0 Å². The molecule has 0 saturated carbocycles. The number of carboxylic acid groups (broad SMARTS) is 1. The van der Waals surface area contributed by atoms with Crippen LogP contribution in [-0.2, 0) is 9.59 Å². The minimum atomic E-state index is -0.747. The number of amides is 1. The Balaban J connectivity index is 3.49. The fraction of sp³-hybridized carbons (Fsp3) is 0.846. The van der Waals surface area contributed by atoms with Gasteiger partial charge < -0.3 is 16.2 Å². The number of nitrogens with one attached hydrogen (secondary N) is 1. The first kappa shape index (κ1) is 16.9. The molecular formula is C13H26N2O3. The molecule has 106 valence electrons. The second-order valence-corrected chi connectivity index (χ2v) is 4.76. The lowest BCUT2D eigenvalue weighted by Crippen LogP contribution is -2.44. The normalized spacial score (nSPS) is 13.9. The maximum Gasteiger partial charge on any atom is 0.303 e. The molecule has 0 saturated heterocycles. The van der Waals surface area contributed by atoms with Crippen LogP contribution in [0.5, 0.6) is 0 Å². The Hall–Kier alpha value is -1.10. The van der Waals surface area contributed by atoms with Gasteiger partial charge in [0, 0.05) is 13.0 Å². The van der Waals surface area contributed by atoms with Gasteiger partial charge >= 0.3 is 5.97 Å². The molecule has 0 unspecified atom stereocenters. The molecule has 0 aromatic rings. The van der Waals surface area contributed by atoms with E-state index in [2.05, 4.69) is 5.32 Å². The van der Waals surface area contributed by atoms with Gasteiger partial charge in [0.15, 0.2) is 0 Å². The summed E-state index contributed by atoms with van der Waals surface area (Å²) >= 11 is 0. The van der Waals surface area contributed by atoms with Crippen LogP contribution in [0.1, 0.15) is 52.4 Å². The van der Waals surface area contributed by atoms with E-state index in [-0.39, 0.29) is 18.2 Å². The molecule has 0 heterocycles. The Labute approximate surface area is 109 Å². The highest BCUT2D eigenvalue weighted by atomic mass is 16.4. The van der Waals surface area contributed by atoms with E-state index >= 15 is 0 Å². The van der Waals surface area contributed by atoms with Crippen molar-refractivity contribution in [1.29, 1.82) is 0 Å². The smallest absolute Gasteiger partial charge is 0.303 e. The average molecular weight is 258 g/mol. The summed E-state index contributed by atoms with van der Waals surface area (Å²) in [6.07, 6.45) is 4.52. The van der Waals surface area contributed by atoms with Crippen molar-refractivity contribution in [3.63, 3.8) is 0 Å². The summed E-state index contributed by atoms with van der Waals surface area (Å²) in [5, 5.41) is 11.3. The molecule has 4 N–H and O–H groups in total. The molecule has 0 rings (SSSR count). The van der Waals surface area contributed by atoms with Gasteiger partial charge in [-0.1, -0.05) is 33.1 Å². The lowest BCUT2D eigenvalue weighted by atomic mass is 9.99. The lowest BCUT2D eigenvalue weighted by Gasteiger charge is -2.17. The van der Waals surface area contributed by atoms with Gasteiger partial charge in [-0.15, -0.1) is 0 Å². The van der Waals surface area contributed by atoms with E-state index in [1.54, 1.807) is 0 Å². The molecule has 0 bridgehead atoms. The number of hydrogen-bond donors (Lipinski definition) is 3. The molecular weight excluding hydrogens is 232 g/mol. The lowest BCUT2D eigenvalue weighted by molar-refractivity contribution is -0.137. The Bertz CT molecular complexity index is 257. The van der Waals surface area contributed by atoms with Crippen LogP contribution in [0, 0.1) is 5.92 Å². The zero-order valence-electron chi connectivity index (χ0n) is 11.4. The number of rotatable bonds is 10. The fourth-order valence-corrected chi connectivity index (χ4v) is 1.60. The maximum absolute atomic E-state index is 11.6. The number of carbonyl (C=O) groups excluding carboxylic acids is 1. The van der Waals surface area contributed by atoms with Gasteiger partial charge in [0.05, 0.1) is 6.04 Å². The third-order valence-electron chi connectivity index (χ3n) is 3.18. The van der Waals surface area contributed by atoms with Gasteiger partial charge in [0.1, 0.15) is 0 Å². The molecule has 5 nitrogen and oxygen atoms in total. The fourth-order valence-electron chi connectivity index (χ4n) is 1.60. The maximum atomic E-state index is 11.6. The minimum Gasteiger partial charge on any atom is -0.481 e. The second-order valence-electron chi connectivity index (χ2n) is 4.76. The largest absolute Gasteiger partial charge is 0.481 e. The summed E-state index contributed by atoms with van der Waals surface area (Å²) in [6.45, 7) is 4.60. The molecule has 2 atom stereocenters. The van der Waals surface area contributed by atoms with Crippen molar-refractivity contribution in [2.75, 3.05) is 6.54 Å². The van der Waals surface area contributed by atoms with Crippen molar-refractivity contribution in [3.8, 4) is 0 Å². The highest BCUT2D eigenvalue weighted by molar-refractivity contribution is 5.81. The number of carbonyl (C=O) groups is 2. The van der Waals surface area contributed by atoms with Gasteiger partial charge in [-0.05, 0) is 18.8 Å². The standard InChI is InChI=1S/C13H26N2O3/c1-3-10(2)12(14)13(18)15-9-7-5-4-6-8-11(16)17/h10,12H,3-9,14H2,1-2H3,(H,15,18)(H,16,17)/t10-,12-/m0/s1. The monoisotopic (exact) mass is 258 g/mol. The van der Waals surface area contributed by atoms with E-state index in [0.29, 0.717) is 13.0 Å². The first-order chi connectivity index (χ1) is 8.49. The SMILES string of the molecule is CC[C@H](C)[C@H](N)C(=O)NCCCCCCC(=O)O. The Morgan fingerprint density at radius 1 is 1.22 bits per heavy atom. The molecule has 5 heteroatoms. The highest BCUT2D eigenvalue weighted by Crippen LogP contribution is 2.05. The third-order valence-corrected chi connectivity index (χ3v) is 3.18. The molecule has 0 aliphatic rings. The molecule has 0 aliphatic heterocycles. The quantitative estimate of drug-likeness (QED) is 0.518. The van der Waals surface area contributed by atoms with Crippen molar-refractivity contribution in [1.82, 2.24) is 5.32 Å². The topological polar surface area (TPSA) is 92.4 Å². The van der Waals surface area contributed by atoms with Crippen molar-refractivity contribution in [3.05, 3.63) is 0 Å². The summed E-state index contributed by atoms with van der Waals surface area (Å²) in [7, 11) is 0. The molecule has 0 spiro atoms. The molecule has 0 aromatic carbocycles. The predicted octanol–water partition coefficient (Wildman–Crippen LogP) is 1.51. The Morgan fingerprint density at radius 3 is 2.39 bits per heavy atom. The highest BCUT2D eigenvalue weighted by Gasteiger charge is 2.18. The molecule has 0 aliphatic carbocycles. The summed E-state index contributed by atoms with van der Waals surface area (Å²) in [5.74, 6) is -0.640. The van der Waals surface area contributed by atoms with E-state index in [0.717, 1.165) is 25.7 Å². The number of nitrogens with two attached hydrogens (primary N) is 1. The number of aliphatic carboxylic acids is 1. The van der Waals surface area contributed by atoms with Crippen LogP contribution in [-0.4, -0.2) is 29.6 Å². The van der Waals surface area contributed by atoms with Crippen LogP contribution in [0.15, 0.2) is 0 Å². The van der Waals surface area contributed by atoms with Crippen LogP contribution in [0.2, 0.25) is 0 Å². The van der Waals surface area contributed by atoms with Gasteiger partial charge in [-0.25, -0.2) is 0 Å². The van der Waals surface area contributed by atoms with Crippen LogP contribution >= 0.6 is 0 Å². The summed E-state index contributed by atoms with van der Waals surface area (Å²) in [4.78, 5) is 21.9. The average Bonchev–Trinajstić information content (AvgIpc) is 2.35. The van der Waals surface area contributed by atoms with Crippen LogP contribution in [0.4, 0.5) is 0 Å². The van der Waals surface area contributed by atoms with Crippen molar-refractivity contribution >= 4 is 11.9 Å². The third kappa shape index (κ3) is 8.06. The molecule has 0 radical (unpaired) electrons. The first-order valence-electron chi connectivity index (χ1n) is 6.74. The van der Waals surface area contributed by atoms with Gasteiger partial charge in [-0.2, -0.15) is 0 Å². The summed E-state index contributed by atoms with van der Waals surface area (Å²) in [6, 6.07) is -0.429. The van der Waals surface area contributed by atoms with E-state index in [4.69, 9.17) is 10.8 Å². The summed E-state index contributed by atoms with van der Waals surface area (Å²) in [5.41, 5.74) is 5.79. The van der Waals surface area contributed by atoms with Crippen molar-refractivity contribution in [2.24, 2.45) is 11.7 Å². The van der Waals surface area contributed by atoms with Gasteiger partial charge in [0.25, 0.3) is 0 Å². The van der Waals surface area contributed by atoms with Crippen LogP contribution in [0.3, 0.4) is 0 Å². The number of unbranched alkanes of at least 4 members (excludes halogenated alkanes) is 3. The van der Waals surface area contributed by atoms with Gasteiger partial charge in [0.2, 0.25) is 5.91 Å². The molecule has 1 amide bonds. The van der Waals surface area contributed by atoms with E-state index in [9.17, 15) is 9.59 Å². The predicted molar refractivity (Wildman–Crippen MR) is 71.2 cm³/mol. The Morgan fingerprint density at radius 2 is 1.83 bits per heavy atom. The zero-order chi connectivity index (χ0) is 14.0. The van der Waals surface area contributed by atoms with Gasteiger partial charge in [-0.3, -0.25) is 9.59 Å². The zero-order valence-corrected chi connectivity index (χ0v) is 11.4. The minimum absolute atomic E-state index is 0.0881. The molecule has 0 fully saturated rings. The number of hydrogen-bond acceptors (Lipinski definition) is 3. The van der Waals surface area contributed by atoms with Crippen LogP contribution < -0.4 is 11.1 Å². The Kier molecular flexibility index (Phi) is 9.28. The van der Waals surface area contributed by atoms with Crippen molar-refractivity contribution < 1.29 is 14.7 Å².